The summed E-state index contributed by atoms with van der Waals surface area (Å²) in [7, 11) is 5.59. The summed E-state index contributed by atoms with van der Waals surface area (Å²) in [5, 5.41) is 28.9. The molecule has 0 saturated carbocycles. The van der Waals surface area contributed by atoms with E-state index in [1.54, 1.807) is 6.08 Å². The number of carbonyl (C=O) groups excluding carboxylic acids is 2. The van der Waals surface area contributed by atoms with Crippen LogP contribution in [0.25, 0.3) is 0 Å². The van der Waals surface area contributed by atoms with E-state index in [0.29, 0.717) is 30.3 Å². The molecule has 0 amide bonds. The topological polar surface area (TPSA) is 124 Å². The molecule has 2 N–H and O–H groups in total. The molecule has 0 aliphatic carbocycles. The second-order valence-electron chi connectivity index (χ2n) is 7.00. The number of ether oxygens (including phenoxy) is 1. The Morgan fingerprint density at radius 2 is 1.72 bits per heavy atom. The van der Waals surface area contributed by atoms with E-state index in [1.165, 1.54) is 0 Å². The number of quaternary nitrogens is 1. The van der Waals surface area contributed by atoms with Crippen molar-refractivity contribution in [2.75, 3.05) is 27.7 Å². The number of hydrogen-bond acceptors (Lipinski definition) is 6. The molecule has 0 aromatic carbocycles. The van der Waals surface area contributed by atoms with E-state index in [9.17, 15) is 24.6 Å². The maximum atomic E-state index is 11.8. The van der Waals surface area contributed by atoms with Crippen LogP contribution in [-0.4, -0.2) is 66.4 Å². The van der Waals surface area contributed by atoms with Gasteiger partial charge in [-0.15, -0.1) is 0 Å². The number of rotatable bonds is 13. The van der Waals surface area contributed by atoms with Crippen LogP contribution in [0.1, 0.15) is 44.9 Å². The highest BCUT2D eigenvalue weighted by Crippen LogP contribution is 2.11. The molecule has 0 aromatic rings. The van der Waals surface area contributed by atoms with Crippen molar-refractivity contribution in [3.05, 3.63) is 11.8 Å². The lowest BCUT2D eigenvalue weighted by atomic mass is 10.1. The van der Waals surface area contributed by atoms with Crippen LogP contribution in [0.15, 0.2) is 11.8 Å². The summed E-state index contributed by atoms with van der Waals surface area (Å²) in [4.78, 5) is 32.9. The summed E-state index contributed by atoms with van der Waals surface area (Å²) in [6.45, 7) is 0.356. The Labute approximate surface area is 148 Å². The molecule has 8 nitrogen and oxygen atoms in total. The van der Waals surface area contributed by atoms with Gasteiger partial charge < -0.3 is 29.3 Å². The zero-order chi connectivity index (χ0) is 19.5. The first-order chi connectivity index (χ1) is 11.5. The number of likely N-dealkylation sites (N-methyl/N-ethyl adjacent to an activating group) is 1. The van der Waals surface area contributed by atoms with Crippen LogP contribution in [0.3, 0.4) is 0 Å². The SMILES string of the molecule is C[N+](C)(C)CC(CC(=O)[O-])OC(=O)CCC/C(O)=C/CCCC(=O)O. The van der Waals surface area contributed by atoms with Crippen molar-refractivity contribution in [3.8, 4) is 0 Å². The zero-order valence-corrected chi connectivity index (χ0v) is 15.2. The minimum atomic E-state index is -1.27. The van der Waals surface area contributed by atoms with Crippen molar-refractivity contribution in [1.29, 1.82) is 0 Å². The van der Waals surface area contributed by atoms with E-state index in [1.807, 2.05) is 21.1 Å². The van der Waals surface area contributed by atoms with Gasteiger partial charge in [0.2, 0.25) is 0 Å². The van der Waals surface area contributed by atoms with Crippen LogP contribution in [0.2, 0.25) is 0 Å². The summed E-state index contributed by atoms with van der Waals surface area (Å²) >= 11 is 0. The highest BCUT2D eigenvalue weighted by molar-refractivity contribution is 5.71. The van der Waals surface area contributed by atoms with Gasteiger partial charge in [0.15, 0.2) is 6.10 Å². The number of aliphatic carboxylic acids is 2. The highest BCUT2D eigenvalue weighted by Gasteiger charge is 2.22. The molecule has 8 heteroatoms. The lowest BCUT2D eigenvalue weighted by Gasteiger charge is -2.29. The summed E-state index contributed by atoms with van der Waals surface area (Å²) in [5.74, 6) is -2.56. The normalized spacial score (nSPS) is 13.3. The van der Waals surface area contributed by atoms with Gasteiger partial charge >= 0.3 is 11.9 Å². The van der Waals surface area contributed by atoms with Crippen LogP contribution >= 0.6 is 0 Å². The van der Waals surface area contributed by atoms with E-state index in [2.05, 4.69) is 0 Å². The van der Waals surface area contributed by atoms with Crippen LogP contribution < -0.4 is 5.11 Å². The van der Waals surface area contributed by atoms with Gasteiger partial charge in [0.1, 0.15) is 6.54 Å². The molecule has 0 rings (SSSR count). The molecule has 0 heterocycles. The average molecular weight is 359 g/mol. The maximum absolute atomic E-state index is 11.8. The number of allylic oxidation sites excluding steroid dienone is 2. The molecular weight excluding hydrogens is 330 g/mol. The molecule has 25 heavy (non-hydrogen) atoms. The van der Waals surface area contributed by atoms with Crippen molar-refractivity contribution in [2.24, 2.45) is 0 Å². The second-order valence-corrected chi connectivity index (χ2v) is 7.00. The molecule has 0 aliphatic rings. The number of carbonyl (C=O) groups is 3. The van der Waals surface area contributed by atoms with Crippen LogP contribution in [0.5, 0.6) is 0 Å². The van der Waals surface area contributed by atoms with Gasteiger partial charge in [0.05, 0.1) is 26.9 Å². The number of hydrogen-bond donors (Lipinski definition) is 2. The predicted octanol–water partition coefficient (Wildman–Crippen LogP) is 0.612. The van der Waals surface area contributed by atoms with Gasteiger partial charge in [0, 0.05) is 31.7 Å². The minimum absolute atomic E-state index is 0.0439. The Hall–Kier alpha value is -2.09. The Morgan fingerprint density at radius 3 is 2.24 bits per heavy atom. The molecule has 0 aliphatic heterocycles. The Morgan fingerprint density at radius 1 is 1.08 bits per heavy atom. The summed E-state index contributed by atoms with van der Waals surface area (Å²) < 4.78 is 5.65. The molecule has 0 saturated heterocycles. The van der Waals surface area contributed by atoms with Gasteiger partial charge in [-0.3, -0.25) is 9.59 Å². The molecule has 0 spiro atoms. The lowest BCUT2D eigenvalue weighted by molar-refractivity contribution is -0.873. The molecule has 0 radical (unpaired) electrons. The number of esters is 1. The highest BCUT2D eigenvalue weighted by atomic mass is 16.5. The molecule has 0 aromatic heterocycles. The predicted molar refractivity (Wildman–Crippen MR) is 88.5 cm³/mol. The van der Waals surface area contributed by atoms with E-state index >= 15 is 0 Å². The fourth-order valence-electron chi connectivity index (χ4n) is 2.22. The van der Waals surface area contributed by atoms with Crippen molar-refractivity contribution < 1.29 is 38.9 Å². The minimum Gasteiger partial charge on any atom is -0.550 e. The largest absolute Gasteiger partial charge is 0.550 e. The maximum Gasteiger partial charge on any atom is 0.306 e. The quantitative estimate of drug-likeness (QED) is 0.214. The van der Waals surface area contributed by atoms with Crippen molar-refractivity contribution in [2.45, 2.75) is 51.0 Å². The third-order valence-electron chi connectivity index (χ3n) is 3.23. The molecule has 1 atom stereocenters. The number of aliphatic hydroxyl groups excluding tert-OH is 1. The number of nitrogens with zero attached hydrogens (tertiary/aromatic N) is 1. The third-order valence-corrected chi connectivity index (χ3v) is 3.23. The Kier molecular flexibility index (Phi) is 10.5. The smallest absolute Gasteiger partial charge is 0.306 e. The fourth-order valence-corrected chi connectivity index (χ4v) is 2.22. The summed E-state index contributed by atoms with van der Waals surface area (Å²) in [6.07, 6.45) is 2.09. The number of carboxylic acids is 2. The van der Waals surface area contributed by atoms with E-state index in [4.69, 9.17) is 9.84 Å². The molecule has 144 valence electrons. The van der Waals surface area contributed by atoms with Gasteiger partial charge in [-0.2, -0.15) is 0 Å². The molecule has 0 bridgehead atoms. The lowest BCUT2D eigenvalue weighted by Crippen LogP contribution is -2.45. The van der Waals surface area contributed by atoms with Gasteiger partial charge in [-0.25, -0.2) is 0 Å². The van der Waals surface area contributed by atoms with Crippen LogP contribution in [0, 0.1) is 0 Å². The molecule has 1 unspecified atom stereocenters. The average Bonchev–Trinajstić information content (AvgIpc) is 2.40. The number of unbranched alkanes of at least 4 members (excludes halogenated alkanes) is 1. The van der Waals surface area contributed by atoms with Crippen molar-refractivity contribution in [3.63, 3.8) is 0 Å². The Bertz CT molecular complexity index is 480. The van der Waals surface area contributed by atoms with Gasteiger partial charge in [-0.1, -0.05) is 0 Å². The van der Waals surface area contributed by atoms with Crippen LogP contribution in [0.4, 0.5) is 0 Å². The summed E-state index contributed by atoms with van der Waals surface area (Å²) in [5.41, 5.74) is 0. The van der Waals surface area contributed by atoms with Crippen LogP contribution in [-0.2, 0) is 19.1 Å². The monoisotopic (exact) mass is 359 g/mol. The number of aliphatic hydroxyl groups is 1. The van der Waals surface area contributed by atoms with Crippen molar-refractivity contribution in [1.82, 2.24) is 0 Å². The van der Waals surface area contributed by atoms with Gasteiger partial charge in [-0.05, 0) is 25.3 Å². The zero-order valence-electron chi connectivity index (χ0n) is 15.2. The van der Waals surface area contributed by atoms with E-state index < -0.39 is 24.0 Å². The molecule has 0 fully saturated rings. The second kappa shape index (κ2) is 11.5. The first-order valence-electron chi connectivity index (χ1n) is 8.29. The number of carboxylic acid groups (broad SMARTS) is 2. The van der Waals surface area contributed by atoms with Crippen molar-refractivity contribution >= 4 is 17.9 Å². The third kappa shape index (κ3) is 15.2. The summed E-state index contributed by atoms with van der Waals surface area (Å²) in [6, 6.07) is 0. The fraction of sp³-hybridized carbons (Fsp3) is 0.706. The van der Waals surface area contributed by atoms with E-state index in [0.717, 1.165) is 0 Å². The Balaban J connectivity index is 4.19. The van der Waals surface area contributed by atoms with Gasteiger partial charge in [0.25, 0.3) is 0 Å². The molecular formula is C17H29NO7. The standard InChI is InChI=1S/C17H29NO7/c1-18(2,3)12-14(11-16(22)23)25-17(24)10-6-8-13(19)7-4-5-9-15(20)21/h7,14H,4-6,8-12H2,1-3H3,(H2-,19,20,21,22,23)/b13-7-. The first-order valence-corrected chi connectivity index (χ1v) is 8.29. The first kappa shape index (κ1) is 22.9. The van der Waals surface area contributed by atoms with E-state index in [-0.39, 0.29) is 31.4 Å².